The number of nitrogens with zero attached hydrogens (tertiary/aromatic N) is 5. The van der Waals surface area contributed by atoms with E-state index in [9.17, 15) is 0 Å². The van der Waals surface area contributed by atoms with Crippen LogP contribution in [0.25, 0.3) is 33.3 Å². The Bertz CT molecular complexity index is 1230. The number of anilines is 1. The average molecular weight is 501 g/mol. The summed E-state index contributed by atoms with van der Waals surface area (Å²) in [5.41, 5.74) is 2.40. The van der Waals surface area contributed by atoms with E-state index in [1.807, 2.05) is 19.9 Å². The summed E-state index contributed by atoms with van der Waals surface area (Å²) in [4.78, 5) is 23.3. The van der Waals surface area contributed by atoms with Crippen LogP contribution in [0.15, 0.2) is 43.0 Å². The van der Waals surface area contributed by atoms with E-state index in [-0.39, 0.29) is 6.10 Å². The van der Waals surface area contributed by atoms with Gasteiger partial charge in [0.05, 0.1) is 38.6 Å². The van der Waals surface area contributed by atoms with Crippen LogP contribution < -0.4 is 10.1 Å². The lowest BCUT2D eigenvalue weighted by Gasteiger charge is -2.14. The predicted molar refractivity (Wildman–Crippen MR) is 134 cm³/mol. The average Bonchev–Trinajstić information content (AvgIpc) is 3.26. The molecule has 0 saturated carbocycles. The summed E-state index contributed by atoms with van der Waals surface area (Å²) in [6.07, 6.45) is 7.62. The second kappa shape index (κ2) is 10.4. The van der Waals surface area contributed by atoms with Gasteiger partial charge in [0, 0.05) is 30.7 Å². The van der Waals surface area contributed by atoms with Gasteiger partial charge in [0.1, 0.15) is 11.4 Å². The highest BCUT2D eigenvalue weighted by atomic mass is 35.5. The van der Waals surface area contributed by atoms with E-state index < -0.39 is 0 Å². The topological polar surface area (TPSA) is 85.7 Å². The molecule has 33 heavy (non-hydrogen) atoms. The van der Waals surface area contributed by atoms with Crippen LogP contribution in [-0.4, -0.2) is 37.6 Å². The molecule has 0 amide bonds. The van der Waals surface area contributed by atoms with Crippen LogP contribution in [-0.2, 0) is 0 Å². The molecule has 0 atom stereocenters. The fourth-order valence-corrected chi connectivity index (χ4v) is 4.53. The molecular formula is C23H22Cl2N6OS. The molecule has 0 spiro atoms. The lowest BCUT2D eigenvalue weighted by Crippen LogP contribution is -2.05. The molecular weight excluding hydrogens is 479 g/mol. The molecule has 3 aromatic heterocycles. The largest absolute Gasteiger partial charge is 0.491 e. The zero-order valence-electron chi connectivity index (χ0n) is 18.3. The number of thiazole rings is 1. The Labute approximate surface area is 206 Å². The van der Waals surface area contributed by atoms with E-state index in [0.717, 1.165) is 23.0 Å². The van der Waals surface area contributed by atoms with Crippen molar-refractivity contribution in [2.75, 3.05) is 11.9 Å². The highest BCUT2D eigenvalue weighted by Crippen LogP contribution is 2.40. The van der Waals surface area contributed by atoms with Gasteiger partial charge in [-0.25, -0.2) is 19.9 Å². The Hall–Kier alpha value is -2.81. The smallest absolute Gasteiger partial charge is 0.183 e. The summed E-state index contributed by atoms with van der Waals surface area (Å²) in [6, 6.07) is 5.34. The molecule has 0 radical (unpaired) electrons. The Morgan fingerprint density at radius 1 is 0.970 bits per heavy atom. The summed E-state index contributed by atoms with van der Waals surface area (Å²) in [5, 5.41) is 5.00. The third-order valence-corrected chi connectivity index (χ3v) is 6.02. The fourth-order valence-electron chi connectivity index (χ4n) is 3.07. The number of hydrogen-bond donors (Lipinski definition) is 1. The minimum absolute atomic E-state index is 0.00117. The lowest BCUT2D eigenvalue weighted by molar-refractivity contribution is 0.242. The van der Waals surface area contributed by atoms with E-state index in [1.54, 1.807) is 36.9 Å². The van der Waals surface area contributed by atoms with E-state index >= 15 is 0 Å². The number of halogens is 2. The normalized spacial score (nSPS) is 11.1. The summed E-state index contributed by atoms with van der Waals surface area (Å²) in [5.74, 6) is 1.02. The molecule has 7 nitrogen and oxygen atoms in total. The SMILES string of the molecule is CCCNc1ncc(-c2cc(-c3c(Cl)cc(OC(C)C)cc3Cl)nc(-c3cnccn3)n2)s1. The van der Waals surface area contributed by atoms with Crippen LogP contribution in [0.4, 0.5) is 5.13 Å². The second-order valence-corrected chi connectivity index (χ2v) is 9.28. The van der Waals surface area contributed by atoms with Crippen LogP contribution in [0.1, 0.15) is 27.2 Å². The maximum Gasteiger partial charge on any atom is 0.183 e. The van der Waals surface area contributed by atoms with Gasteiger partial charge in [-0.05, 0) is 38.5 Å². The first-order chi connectivity index (χ1) is 15.9. The molecule has 1 N–H and O–H groups in total. The van der Waals surface area contributed by atoms with E-state index in [2.05, 4.69) is 27.2 Å². The molecule has 170 valence electrons. The first kappa shape index (κ1) is 23.4. The molecule has 0 bridgehead atoms. The maximum absolute atomic E-state index is 6.64. The van der Waals surface area contributed by atoms with Crippen LogP contribution >= 0.6 is 34.5 Å². The number of aromatic nitrogens is 5. The first-order valence-electron chi connectivity index (χ1n) is 10.5. The van der Waals surface area contributed by atoms with Crippen molar-refractivity contribution in [3.63, 3.8) is 0 Å². The Balaban J connectivity index is 1.83. The van der Waals surface area contributed by atoms with Crippen LogP contribution in [0, 0.1) is 0 Å². The molecule has 1 aromatic carbocycles. The van der Waals surface area contributed by atoms with Gasteiger partial charge >= 0.3 is 0 Å². The van der Waals surface area contributed by atoms with Gasteiger partial charge in [-0.1, -0.05) is 41.5 Å². The Morgan fingerprint density at radius 3 is 2.39 bits per heavy atom. The zero-order valence-corrected chi connectivity index (χ0v) is 20.7. The number of rotatable bonds is 8. The van der Waals surface area contributed by atoms with Gasteiger partial charge < -0.3 is 10.1 Å². The minimum atomic E-state index is -0.00117. The molecule has 0 unspecified atom stereocenters. The number of nitrogens with one attached hydrogen (secondary N) is 1. The van der Waals surface area contributed by atoms with Crippen LogP contribution in [0.2, 0.25) is 10.0 Å². The van der Waals surface area contributed by atoms with Crippen molar-refractivity contribution in [1.29, 1.82) is 0 Å². The lowest BCUT2D eigenvalue weighted by atomic mass is 10.1. The summed E-state index contributed by atoms with van der Waals surface area (Å²) in [7, 11) is 0. The molecule has 0 aliphatic heterocycles. The quantitative estimate of drug-likeness (QED) is 0.290. The summed E-state index contributed by atoms with van der Waals surface area (Å²) < 4.78 is 5.75. The number of ether oxygens (including phenoxy) is 1. The minimum Gasteiger partial charge on any atom is -0.491 e. The van der Waals surface area contributed by atoms with Gasteiger partial charge in [0.2, 0.25) is 0 Å². The van der Waals surface area contributed by atoms with Crippen molar-refractivity contribution < 1.29 is 4.74 Å². The second-order valence-electron chi connectivity index (χ2n) is 7.44. The Morgan fingerprint density at radius 2 is 1.73 bits per heavy atom. The van der Waals surface area contributed by atoms with Crippen LogP contribution in [0.5, 0.6) is 5.75 Å². The van der Waals surface area contributed by atoms with Gasteiger partial charge in [0.25, 0.3) is 0 Å². The highest BCUT2D eigenvalue weighted by Gasteiger charge is 2.18. The third kappa shape index (κ3) is 5.58. The third-order valence-electron chi connectivity index (χ3n) is 4.45. The van der Waals surface area contributed by atoms with Gasteiger partial charge in [-0.2, -0.15) is 0 Å². The van der Waals surface area contributed by atoms with Gasteiger partial charge in [-0.15, -0.1) is 0 Å². The predicted octanol–water partition coefficient (Wildman–Crippen LogP) is 6.64. The van der Waals surface area contributed by atoms with Crippen molar-refractivity contribution in [3.8, 4) is 39.1 Å². The van der Waals surface area contributed by atoms with E-state index in [0.29, 0.717) is 44.3 Å². The summed E-state index contributed by atoms with van der Waals surface area (Å²) in [6.45, 7) is 6.84. The van der Waals surface area contributed by atoms with E-state index in [4.69, 9.17) is 37.9 Å². The monoisotopic (exact) mass is 500 g/mol. The fraction of sp³-hybridized carbons (Fsp3) is 0.261. The maximum atomic E-state index is 6.64. The molecule has 3 heterocycles. The van der Waals surface area contributed by atoms with Crippen molar-refractivity contribution in [2.24, 2.45) is 0 Å². The standard InChI is InChI=1S/C23H22Cl2N6OS/c1-4-5-28-23-29-12-20(33-23)17-10-18(31-22(30-17)19-11-26-6-7-27-19)21-15(24)8-14(9-16(21)25)32-13(2)3/h6-13H,4-5H2,1-3H3,(H,28,29). The van der Waals surface area contributed by atoms with Gasteiger partial charge in [-0.3, -0.25) is 4.98 Å². The molecule has 0 fully saturated rings. The molecule has 0 saturated heterocycles. The molecule has 4 aromatic rings. The molecule has 10 heteroatoms. The molecule has 0 aliphatic carbocycles. The Kier molecular flexibility index (Phi) is 7.37. The van der Waals surface area contributed by atoms with E-state index in [1.165, 1.54) is 11.3 Å². The number of hydrogen-bond acceptors (Lipinski definition) is 8. The van der Waals surface area contributed by atoms with Gasteiger partial charge in [0.15, 0.2) is 11.0 Å². The summed E-state index contributed by atoms with van der Waals surface area (Å²) >= 11 is 14.8. The molecule has 0 aliphatic rings. The highest BCUT2D eigenvalue weighted by molar-refractivity contribution is 7.18. The van der Waals surface area contributed by atoms with Crippen molar-refractivity contribution in [3.05, 3.63) is 53.0 Å². The first-order valence-corrected chi connectivity index (χ1v) is 12.0. The molecule has 4 rings (SSSR count). The van der Waals surface area contributed by atoms with Crippen molar-refractivity contribution in [1.82, 2.24) is 24.9 Å². The van der Waals surface area contributed by atoms with Crippen molar-refractivity contribution in [2.45, 2.75) is 33.3 Å². The number of benzene rings is 1. The van der Waals surface area contributed by atoms with Crippen LogP contribution in [0.3, 0.4) is 0 Å². The zero-order chi connectivity index (χ0) is 23.4. The van der Waals surface area contributed by atoms with Crippen molar-refractivity contribution >= 4 is 39.7 Å².